The van der Waals surface area contributed by atoms with Gasteiger partial charge in [-0.1, -0.05) is 48.5 Å². The molecule has 0 aliphatic rings. The Balaban J connectivity index is 1.38. The largest absolute Gasteiger partial charge is 0.369 e. The number of H-pyrrole nitrogens is 1. The van der Waals surface area contributed by atoms with Gasteiger partial charge in [-0.2, -0.15) is 0 Å². The molecule has 5 aromatic rings. The van der Waals surface area contributed by atoms with Crippen LogP contribution < -0.4 is 5.32 Å². The minimum Gasteiger partial charge on any atom is -0.369 e. The first-order valence-corrected chi connectivity index (χ1v) is 9.79. The summed E-state index contributed by atoms with van der Waals surface area (Å²) in [6, 6.07) is 21.0. The lowest BCUT2D eigenvalue weighted by Crippen LogP contribution is -2.06. The van der Waals surface area contributed by atoms with Crippen LogP contribution in [0.5, 0.6) is 0 Å². The number of aromatic amines is 1. The third-order valence-electron chi connectivity index (χ3n) is 4.75. The molecule has 132 valence electrons. The molecule has 0 spiro atoms. The van der Waals surface area contributed by atoms with Crippen molar-refractivity contribution in [2.75, 3.05) is 11.9 Å². The van der Waals surface area contributed by atoms with E-state index in [1.54, 1.807) is 17.7 Å². The molecule has 3 heterocycles. The Labute approximate surface area is 160 Å². The summed E-state index contributed by atoms with van der Waals surface area (Å²) in [5.74, 6) is 0.901. The van der Waals surface area contributed by atoms with Crippen molar-refractivity contribution in [1.82, 2.24) is 15.0 Å². The normalized spacial score (nSPS) is 11.3. The molecule has 5 heteroatoms. The summed E-state index contributed by atoms with van der Waals surface area (Å²) < 4.78 is 0. The summed E-state index contributed by atoms with van der Waals surface area (Å²) in [7, 11) is 0. The zero-order valence-corrected chi connectivity index (χ0v) is 15.5. The first kappa shape index (κ1) is 16.0. The van der Waals surface area contributed by atoms with Gasteiger partial charge in [0.2, 0.25) is 0 Å². The molecule has 5 rings (SSSR count). The van der Waals surface area contributed by atoms with Crippen molar-refractivity contribution in [3.05, 3.63) is 78.8 Å². The molecule has 4 nitrogen and oxygen atoms in total. The Morgan fingerprint density at radius 2 is 1.78 bits per heavy atom. The third kappa shape index (κ3) is 3.06. The van der Waals surface area contributed by atoms with Gasteiger partial charge in [0.05, 0.1) is 5.39 Å². The van der Waals surface area contributed by atoms with Gasteiger partial charge in [-0.05, 0) is 29.7 Å². The van der Waals surface area contributed by atoms with Crippen LogP contribution in [-0.4, -0.2) is 21.5 Å². The monoisotopic (exact) mass is 370 g/mol. The van der Waals surface area contributed by atoms with E-state index in [0.29, 0.717) is 0 Å². The molecule has 0 amide bonds. The number of hydrogen-bond acceptors (Lipinski definition) is 4. The molecule has 0 bridgehead atoms. The summed E-state index contributed by atoms with van der Waals surface area (Å²) in [6.45, 7) is 0.824. The van der Waals surface area contributed by atoms with Crippen LogP contribution >= 0.6 is 11.3 Å². The smallest absolute Gasteiger partial charge is 0.138 e. The standard InChI is InChI=1S/C22H18N4S/c1-2-6-15(7-3-1)20-12-18-21(25-14-26-22(18)27-20)23-11-10-16-13-24-19-9-5-4-8-17(16)19/h1-9,12-14,24H,10-11H2,(H,23,25,26). The van der Waals surface area contributed by atoms with E-state index in [1.165, 1.54) is 26.9 Å². The Kier molecular flexibility index (Phi) is 4.07. The lowest BCUT2D eigenvalue weighted by molar-refractivity contribution is 1.01. The molecule has 0 aliphatic carbocycles. The fourth-order valence-corrected chi connectivity index (χ4v) is 4.40. The van der Waals surface area contributed by atoms with Gasteiger partial charge in [0.1, 0.15) is 17.0 Å². The van der Waals surface area contributed by atoms with Crippen molar-refractivity contribution in [3.8, 4) is 10.4 Å². The zero-order valence-electron chi connectivity index (χ0n) is 14.6. The highest BCUT2D eigenvalue weighted by Gasteiger charge is 2.10. The maximum Gasteiger partial charge on any atom is 0.138 e. The molecule has 0 atom stereocenters. The first-order valence-electron chi connectivity index (χ1n) is 8.97. The van der Waals surface area contributed by atoms with E-state index < -0.39 is 0 Å². The molecule has 0 unspecified atom stereocenters. The van der Waals surface area contributed by atoms with Gasteiger partial charge in [0.15, 0.2) is 0 Å². The Hall–Kier alpha value is -3.18. The number of hydrogen-bond donors (Lipinski definition) is 2. The van der Waals surface area contributed by atoms with E-state index in [-0.39, 0.29) is 0 Å². The van der Waals surface area contributed by atoms with Crippen LogP contribution in [0.4, 0.5) is 5.82 Å². The highest BCUT2D eigenvalue weighted by molar-refractivity contribution is 7.21. The summed E-state index contributed by atoms with van der Waals surface area (Å²) in [5, 5.41) is 5.87. The van der Waals surface area contributed by atoms with Gasteiger partial charge < -0.3 is 10.3 Å². The highest BCUT2D eigenvalue weighted by atomic mass is 32.1. The third-order valence-corrected chi connectivity index (χ3v) is 5.84. The molecule has 0 saturated heterocycles. The average molecular weight is 370 g/mol. The Morgan fingerprint density at radius 3 is 2.70 bits per heavy atom. The average Bonchev–Trinajstić information content (AvgIpc) is 3.34. The van der Waals surface area contributed by atoms with E-state index in [2.05, 4.69) is 81.1 Å². The molecular formula is C22H18N4S. The van der Waals surface area contributed by atoms with Crippen molar-refractivity contribution in [2.45, 2.75) is 6.42 Å². The highest BCUT2D eigenvalue weighted by Crippen LogP contribution is 2.34. The van der Waals surface area contributed by atoms with Crippen LogP contribution in [-0.2, 0) is 6.42 Å². The molecule has 27 heavy (non-hydrogen) atoms. The summed E-state index contributed by atoms with van der Waals surface area (Å²) in [4.78, 5) is 14.5. The van der Waals surface area contributed by atoms with Crippen LogP contribution in [0.3, 0.4) is 0 Å². The maximum atomic E-state index is 4.47. The van der Waals surface area contributed by atoms with E-state index >= 15 is 0 Å². The first-order chi connectivity index (χ1) is 13.4. The Morgan fingerprint density at radius 1 is 0.926 bits per heavy atom. The Bertz CT molecular complexity index is 1210. The lowest BCUT2D eigenvalue weighted by atomic mass is 10.1. The number of fused-ring (bicyclic) bond motifs is 2. The molecule has 2 aromatic carbocycles. The van der Waals surface area contributed by atoms with Gasteiger partial charge in [-0.15, -0.1) is 11.3 Å². The van der Waals surface area contributed by atoms with Crippen LogP contribution in [0.25, 0.3) is 31.6 Å². The van der Waals surface area contributed by atoms with Crippen LogP contribution in [0.2, 0.25) is 0 Å². The van der Waals surface area contributed by atoms with Crippen LogP contribution in [0.15, 0.2) is 73.2 Å². The second-order valence-electron chi connectivity index (χ2n) is 6.45. The van der Waals surface area contributed by atoms with E-state index in [4.69, 9.17) is 0 Å². The summed E-state index contributed by atoms with van der Waals surface area (Å²) >= 11 is 1.70. The van der Waals surface area contributed by atoms with E-state index in [1.807, 2.05) is 6.07 Å². The molecule has 0 saturated carbocycles. The van der Waals surface area contributed by atoms with Crippen molar-refractivity contribution < 1.29 is 0 Å². The van der Waals surface area contributed by atoms with Crippen molar-refractivity contribution >= 4 is 38.3 Å². The minimum absolute atomic E-state index is 0.824. The maximum absolute atomic E-state index is 4.47. The van der Waals surface area contributed by atoms with Crippen molar-refractivity contribution in [2.24, 2.45) is 0 Å². The molecule has 0 radical (unpaired) electrons. The number of rotatable bonds is 5. The molecule has 2 N–H and O–H groups in total. The SMILES string of the molecule is c1ccc(-c2cc3c(NCCc4c[nH]c5ccccc45)ncnc3s2)cc1. The fourth-order valence-electron chi connectivity index (χ4n) is 3.40. The zero-order chi connectivity index (χ0) is 18.1. The predicted molar refractivity (Wildman–Crippen MR) is 113 cm³/mol. The number of nitrogens with zero attached hydrogens (tertiary/aromatic N) is 2. The van der Waals surface area contributed by atoms with Crippen LogP contribution in [0, 0.1) is 0 Å². The number of thiophene rings is 1. The second-order valence-corrected chi connectivity index (χ2v) is 7.48. The number of para-hydroxylation sites is 1. The van der Waals surface area contributed by atoms with Gasteiger partial charge in [0.25, 0.3) is 0 Å². The number of aromatic nitrogens is 3. The van der Waals surface area contributed by atoms with Gasteiger partial charge >= 0.3 is 0 Å². The van der Waals surface area contributed by atoms with Gasteiger partial charge in [-0.25, -0.2) is 9.97 Å². The van der Waals surface area contributed by atoms with Crippen molar-refractivity contribution in [3.63, 3.8) is 0 Å². The second kappa shape index (κ2) is 6.85. The van der Waals surface area contributed by atoms with E-state index in [9.17, 15) is 0 Å². The molecule has 0 aliphatic heterocycles. The summed E-state index contributed by atoms with van der Waals surface area (Å²) in [5.41, 5.74) is 3.71. The topological polar surface area (TPSA) is 53.6 Å². The van der Waals surface area contributed by atoms with Gasteiger partial charge in [-0.3, -0.25) is 0 Å². The molecular weight excluding hydrogens is 352 g/mol. The fraction of sp³-hybridized carbons (Fsp3) is 0.0909. The predicted octanol–water partition coefficient (Wildman–Crippen LogP) is 5.49. The lowest BCUT2D eigenvalue weighted by Gasteiger charge is -2.06. The van der Waals surface area contributed by atoms with Gasteiger partial charge in [0, 0.05) is 28.5 Å². The molecule has 3 aromatic heterocycles. The summed E-state index contributed by atoms with van der Waals surface area (Å²) in [6.07, 6.45) is 4.67. The number of anilines is 1. The number of benzene rings is 2. The quantitative estimate of drug-likeness (QED) is 0.430. The van der Waals surface area contributed by atoms with E-state index in [0.717, 1.165) is 29.0 Å². The number of nitrogens with one attached hydrogen (secondary N) is 2. The minimum atomic E-state index is 0.824. The van der Waals surface area contributed by atoms with Crippen molar-refractivity contribution in [1.29, 1.82) is 0 Å². The molecule has 0 fully saturated rings. The van der Waals surface area contributed by atoms with Crippen LogP contribution in [0.1, 0.15) is 5.56 Å².